The molecule has 2 heterocycles. The molecule has 0 fully saturated rings. The van der Waals surface area contributed by atoms with E-state index in [0.717, 1.165) is 57.9 Å². The van der Waals surface area contributed by atoms with Crippen molar-refractivity contribution < 1.29 is 18.8 Å². The largest absolute Gasteiger partial charge is 0.496 e. The van der Waals surface area contributed by atoms with Gasteiger partial charge in [-0.2, -0.15) is 0 Å². The van der Waals surface area contributed by atoms with Crippen LogP contribution in [0.25, 0.3) is 44.3 Å². The number of hydrogen-bond acceptors (Lipinski definition) is 4. The summed E-state index contributed by atoms with van der Waals surface area (Å²) >= 11 is 0. The maximum atomic E-state index is 5.91. The Hall–Kier alpha value is -4.51. The molecule has 196 valence electrons. The summed E-state index contributed by atoms with van der Waals surface area (Å²) in [4.78, 5) is 2.19. The number of hydrogen-bond donors (Lipinski definition) is 0. The third kappa shape index (κ3) is 4.24. The average molecular weight is 518 g/mol. The van der Waals surface area contributed by atoms with E-state index < -0.39 is 0 Å². The molecule has 0 bridgehead atoms. The highest BCUT2D eigenvalue weighted by Gasteiger charge is 2.29. The van der Waals surface area contributed by atoms with Gasteiger partial charge in [-0.1, -0.05) is 54.6 Å². The fourth-order valence-electron chi connectivity index (χ4n) is 5.79. The maximum absolute atomic E-state index is 5.91. The maximum Gasteiger partial charge on any atom is 0.284 e. The number of benzene rings is 4. The van der Waals surface area contributed by atoms with Crippen LogP contribution in [0.3, 0.4) is 0 Å². The monoisotopic (exact) mass is 517 g/mol. The Morgan fingerprint density at radius 1 is 0.641 bits per heavy atom. The van der Waals surface area contributed by atoms with Crippen LogP contribution in [-0.4, -0.2) is 35.4 Å². The molecule has 0 radical (unpaired) electrons. The smallest absolute Gasteiger partial charge is 0.284 e. The number of nitrogens with zero attached hydrogens (tertiary/aromatic N) is 2. The summed E-state index contributed by atoms with van der Waals surface area (Å²) in [5.74, 6) is 3.51. The molecule has 0 atom stereocenters. The number of ether oxygens (including phenoxy) is 3. The summed E-state index contributed by atoms with van der Waals surface area (Å²) in [6, 6.07) is 30.1. The van der Waals surface area contributed by atoms with Crippen LogP contribution in [0.4, 0.5) is 5.82 Å². The van der Waals surface area contributed by atoms with Gasteiger partial charge in [0.25, 0.3) is 5.82 Å². The van der Waals surface area contributed by atoms with Crippen molar-refractivity contribution >= 4 is 16.6 Å². The topological polar surface area (TPSA) is 34.8 Å². The molecule has 0 aliphatic carbocycles. The molecule has 5 heteroatoms. The van der Waals surface area contributed by atoms with Gasteiger partial charge in [0.05, 0.1) is 47.4 Å². The van der Waals surface area contributed by atoms with E-state index in [-0.39, 0.29) is 0 Å². The number of fused-ring (bicyclic) bond motifs is 4. The fourth-order valence-corrected chi connectivity index (χ4v) is 5.79. The van der Waals surface area contributed by atoms with Crippen molar-refractivity contribution in [1.82, 2.24) is 0 Å². The van der Waals surface area contributed by atoms with E-state index >= 15 is 0 Å². The second kappa shape index (κ2) is 9.99. The van der Waals surface area contributed by atoms with Crippen molar-refractivity contribution in [2.45, 2.75) is 13.0 Å². The molecule has 0 saturated heterocycles. The highest BCUT2D eigenvalue weighted by Crippen LogP contribution is 2.42. The van der Waals surface area contributed by atoms with Gasteiger partial charge in [-0.05, 0) is 51.9 Å². The van der Waals surface area contributed by atoms with Crippen molar-refractivity contribution in [2.24, 2.45) is 0 Å². The van der Waals surface area contributed by atoms with Crippen LogP contribution in [-0.2, 0) is 13.0 Å². The molecular weight excluding hydrogens is 484 g/mol. The SMILES string of the molecule is COc1cc2cc3[n+](c(N(C)C)c2cc1OC)CCc1cc(OC)c(-c2ccc(-c4ccccc4)cc2)cc1-3. The Balaban J connectivity index is 1.54. The van der Waals surface area contributed by atoms with Gasteiger partial charge in [-0.3, -0.25) is 4.90 Å². The predicted molar refractivity (Wildman–Crippen MR) is 158 cm³/mol. The van der Waals surface area contributed by atoms with E-state index in [1.165, 1.54) is 27.9 Å². The first-order valence-electron chi connectivity index (χ1n) is 13.2. The summed E-state index contributed by atoms with van der Waals surface area (Å²) < 4.78 is 19.6. The van der Waals surface area contributed by atoms with Crippen LogP contribution in [0.5, 0.6) is 17.2 Å². The predicted octanol–water partition coefficient (Wildman–Crippen LogP) is 6.78. The normalized spacial score (nSPS) is 12.0. The highest BCUT2D eigenvalue weighted by atomic mass is 16.5. The second-order valence-electron chi connectivity index (χ2n) is 10.1. The van der Waals surface area contributed by atoms with Gasteiger partial charge in [0.2, 0.25) is 0 Å². The minimum atomic E-state index is 0.726. The fraction of sp³-hybridized carbons (Fsp3) is 0.206. The van der Waals surface area contributed by atoms with Crippen molar-refractivity contribution in [3.63, 3.8) is 0 Å². The molecule has 1 aliphatic heterocycles. The van der Waals surface area contributed by atoms with Gasteiger partial charge in [-0.25, -0.2) is 4.57 Å². The third-order valence-corrected chi connectivity index (χ3v) is 7.67. The van der Waals surface area contributed by atoms with Gasteiger partial charge >= 0.3 is 0 Å². The molecule has 0 unspecified atom stereocenters. The second-order valence-corrected chi connectivity index (χ2v) is 10.1. The number of pyridine rings is 1. The van der Waals surface area contributed by atoms with Crippen LogP contribution in [0.15, 0.2) is 84.9 Å². The lowest BCUT2D eigenvalue weighted by molar-refractivity contribution is -0.674. The van der Waals surface area contributed by atoms with E-state index in [4.69, 9.17) is 14.2 Å². The van der Waals surface area contributed by atoms with Gasteiger partial charge in [0.1, 0.15) is 11.4 Å². The van der Waals surface area contributed by atoms with E-state index in [9.17, 15) is 0 Å². The minimum Gasteiger partial charge on any atom is -0.496 e. The molecule has 4 aromatic carbocycles. The van der Waals surface area contributed by atoms with Crippen LogP contribution in [0.1, 0.15) is 5.56 Å². The van der Waals surface area contributed by atoms with Crippen LogP contribution in [0.2, 0.25) is 0 Å². The zero-order chi connectivity index (χ0) is 27.1. The van der Waals surface area contributed by atoms with E-state index in [1.807, 2.05) is 6.07 Å². The summed E-state index contributed by atoms with van der Waals surface area (Å²) in [6.07, 6.45) is 0.927. The Kier molecular flexibility index (Phi) is 6.35. The Morgan fingerprint density at radius 3 is 1.95 bits per heavy atom. The lowest BCUT2D eigenvalue weighted by atomic mass is 9.90. The first kappa shape index (κ1) is 24.8. The average Bonchev–Trinajstić information content (AvgIpc) is 2.98. The zero-order valence-corrected chi connectivity index (χ0v) is 23.1. The Bertz CT molecular complexity index is 1680. The molecule has 6 rings (SSSR count). The van der Waals surface area contributed by atoms with Crippen molar-refractivity contribution in [1.29, 1.82) is 0 Å². The molecule has 0 N–H and O–H groups in total. The number of aromatic nitrogens is 1. The molecule has 0 amide bonds. The van der Waals surface area contributed by atoms with Crippen molar-refractivity contribution in [2.75, 3.05) is 40.3 Å². The zero-order valence-electron chi connectivity index (χ0n) is 23.1. The highest BCUT2D eigenvalue weighted by molar-refractivity contribution is 5.96. The van der Waals surface area contributed by atoms with Crippen molar-refractivity contribution in [3.8, 4) is 50.8 Å². The standard InChI is InChI=1S/C34H33N2O3/c1-35(2)34-29-21-33(39-5)32(38-4)19-26(29)17-30-27-20-28(31(37-3)18-25(27)15-16-36(30)34)24-13-11-23(12-14-24)22-9-7-6-8-10-22/h6-14,17-21H,15-16H2,1-5H3/q+1. The molecule has 1 aliphatic rings. The van der Waals surface area contributed by atoms with Crippen molar-refractivity contribution in [3.05, 3.63) is 90.5 Å². The quantitative estimate of drug-likeness (QED) is 0.233. The molecule has 5 aromatic rings. The van der Waals surface area contributed by atoms with E-state index in [1.54, 1.807) is 21.3 Å². The van der Waals surface area contributed by atoms with Crippen LogP contribution >= 0.6 is 0 Å². The molecule has 0 spiro atoms. The first-order chi connectivity index (χ1) is 19.0. The molecule has 0 saturated carbocycles. The third-order valence-electron chi connectivity index (χ3n) is 7.67. The Labute approximate surface area is 229 Å². The van der Waals surface area contributed by atoms with Gasteiger partial charge in [0.15, 0.2) is 11.5 Å². The summed E-state index contributed by atoms with van der Waals surface area (Å²) in [7, 11) is 9.32. The van der Waals surface area contributed by atoms with Crippen LogP contribution < -0.4 is 23.7 Å². The molecule has 39 heavy (non-hydrogen) atoms. The van der Waals surface area contributed by atoms with Gasteiger partial charge < -0.3 is 14.2 Å². The first-order valence-corrected chi connectivity index (χ1v) is 13.2. The summed E-state index contributed by atoms with van der Waals surface area (Å²) in [5.41, 5.74) is 8.33. The lowest BCUT2D eigenvalue weighted by Crippen LogP contribution is -2.45. The minimum absolute atomic E-state index is 0.726. The molecular formula is C34H33N2O3+. The van der Waals surface area contributed by atoms with Gasteiger partial charge in [-0.15, -0.1) is 0 Å². The van der Waals surface area contributed by atoms with Gasteiger partial charge in [0, 0.05) is 23.6 Å². The number of anilines is 1. The lowest BCUT2D eigenvalue weighted by Gasteiger charge is -2.25. The number of aryl methyl sites for hydroxylation is 1. The van der Waals surface area contributed by atoms with Crippen LogP contribution in [0, 0.1) is 0 Å². The molecule has 1 aromatic heterocycles. The number of methoxy groups -OCH3 is 3. The summed E-state index contributed by atoms with van der Waals surface area (Å²) in [6.45, 7) is 0.883. The number of rotatable bonds is 6. The van der Waals surface area contributed by atoms with E-state index in [0.29, 0.717) is 0 Å². The Morgan fingerprint density at radius 2 is 1.28 bits per heavy atom. The molecule has 5 nitrogen and oxygen atoms in total. The summed E-state index contributed by atoms with van der Waals surface area (Å²) in [5, 5.41) is 2.25. The van der Waals surface area contributed by atoms with E-state index in [2.05, 4.69) is 102 Å².